The fourth-order valence-corrected chi connectivity index (χ4v) is 10.7. The van der Waals surface area contributed by atoms with Crippen molar-refractivity contribution in [3.05, 3.63) is 102 Å². The molecule has 3 rings (SSSR count). The van der Waals surface area contributed by atoms with E-state index in [4.69, 9.17) is 64.0 Å². The number of hydrogen-bond acceptors (Lipinski definition) is 10. The predicted octanol–water partition coefficient (Wildman–Crippen LogP) is 16.5. The van der Waals surface area contributed by atoms with Crippen LogP contribution in [0.25, 0.3) is 0 Å². The molecule has 0 aliphatic rings. The third kappa shape index (κ3) is 36.8. The monoisotopic (exact) mass is 1470 g/mol. The minimum Gasteiger partial charge on any atom is -0.466 e. The number of nitrogens with one attached hydrogen (secondary N) is 2. The molecule has 26 heteroatoms. The summed E-state index contributed by atoms with van der Waals surface area (Å²) in [7, 11) is -6.42. The van der Waals surface area contributed by atoms with Crippen LogP contribution in [0.15, 0.2) is 59.1 Å². The van der Waals surface area contributed by atoms with Crippen molar-refractivity contribution in [1.29, 1.82) is 0 Å². The molecule has 3 aromatic carbocycles. The molecule has 3 aromatic rings. The van der Waals surface area contributed by atoms with Gasteiger partial charge in [-0.15, -0.1) is 11.6 Å². The van der Waals surface area contributed by atoms with Crippen LogP contribution in [0, 0.1) is 0 Å². The Morgan fingerprint density at radius 1 is 0.585 bits per heavy atom. The van der Waals surface area contributed by atoms with Gasteiger partial charge >= 0.3 is 11.9 Å². The highest BCUT2D eigenvalue weighted by atomic mass is 79.9. The molecular formula is C56H110BrCl4N3O9S7Si2. The Hall–Kier alpha value is 0.484. The number of halogens is 5. The summed E-state index contributed by atoms with van der Waals surface area (Å²) in [4.78, 5) is 23.0. The van der Waals surface area contributed by atoms with Crippen molar-refractivity contribution in [3.63, 3.8) is 0 Å². The lowest BCUT2D eigenvalue weighted by Crippen LogP contribution is -2.44. The molecule has 0 saturated carbocycles. The van der Waals surface area contributed by atoms with Crippen LogP contribution >= 0.6 is 130 Å². The topological polar surface area (TPSA) is 176 Å². The number of nitrogens with two attached hydrogens (primary N) is 1. The van der Waals surface area contributed by atoms with Gasteiger partial charge in [-0.3, -0.25) is 9.59 Å². The number of benzene rings is 3. The van der Waals surface area contributed by atoms with E-state index >= 15 is 0 Å². The molecule has 0 amide bonds. The maximum atomic E-state index is 12.8. The molecule has 5 N–H and O–H groups in total. The molecule has 0 heterocycles. The molecule has 0 saturated heterocycles. The van der Waals surface area contributed by atoms with Gasteiger partial charge in [0.25, 0.3) is 0 Å². The Balaban J connectivity index is -0.000000134. The molecule has 0 radical (unpaired) electrons. The van der Waals surface area contributed by atoms with Gasteiger partial charge in [-0.05, 0) is 144 Å². The average molecular weight is 1470 g/mol. The van der Waals surface area contributed by atoms with E-state index in [0.717, 1.165) is 26.7 Å². The summed E-state index contributed by atoms with van der Waals surface area (Å²) in [6.07, 6.45) is 1.82. The van der Waals surface area contributed by atoms with E-state index in [-0.39, 0.29) is 148 Å². The van der Waals surface area contributed by atoms with E-state index in [1.807, 2.05) is 71.9 Å². The number of aliphatic hydroxyl groups excluding tert-OH is 1. The first-order valence-corrected chi connectivity index (χ1v) is 35.3. The molecule has 0 aliphatic heterocycles. The Kier molecular flexibility index (Phi) is 57.6. The van der Waals surface area contributed by atoms with Crippen molar-refractivity contribution in [2.24, 2.45) is 5.73 Å². The summed E-state index contributed by atoms with van der Waals surface area (Å²) >= 11 is 27.1. The third-order valence-electron chi connectivity index (χ3n) is 12.2. The molecule has 488 valence electrons. The number of ether oxygens (including phenoxy) is 2. The minimum atomic E-state index is -2.00. The van der Waals surface area contributed by atoms with Crippen LogP contribution < -0.4 is 15.2 Å². The lowest BCUT2D eigenvalue weighted by atomic mass is 10.0. The standard InChI is InChI=1S/C22H38ClNO4SSi.C18H31BrClNO2SSi.C12H16ClNO3.CH3Cl.3CH4.5H2S/c1-10-27-20(25)14-16-11-12-17(18(23)13-16)19(24-29(26)21(2,3)4)15-28-30(8,9)22(5,6)7;1-17(2,3)24(22)21-16(12-23-25(7,8)18(4,5)6)14-10-9-13(19)11-15(14)20;1-2-17-12(16)6-8-3-4-9(10(13)5-8)11(14)7-15;1-2;;;;;;;;/h11-13,19,24H,10,14-15H2,1-9H3;9-11,16,21H,12H2,1-8H3;3-5,11,15H,2,6-7,14H2,1H3;1H3;3*1H4;5*1H2/t19-,29+;16-,24+;11-;;;;;;;;;/m111........./s1. The second kappa shape index (κ2) is 46.6. The summed E-state index contributed by atoms with van der Waals surface area (Å²) in [5.41, 5.74) is 9.59. The van der Waals surface area contributed by atoms with E-state index in [0.29, 0.717) is 47.1 Å². The van der Waals surface area contributed by atoms with Crippen molar-refractivity contribution < 1.29 is 41.4 Å². The molecule has 0 fully saturated rings. The molecule has 82 heavy (non-hydrogen) atoms. The first-order chi connectivity index (χ1) is 33.8. The van der Waals surface area contributed by atoms with Crippen molar-refractivity contribution in [2.75, 3.05) is 39.4 Å². The molecule has 0 spiro atoms. The summed E-state index contributed by atoms with van der Waals surface area (Å²) in [5, 5.41) is 10.7. The smallest absolute Gasteiger partial charge is 0.310 e. The van der Waals surface area contributed by atoms with E-state index in [9.17, 15) is 18.0 Å². The lowest BCUT2D eigenvalue weighted by Gasteiger charge is -2.37. The Bertz CT molecular complexity index is 2290. The predicted molar refractivity (Wildman–Crippen MR) is 394 cm³/mol. The Morgan fingerprint density at radius 2 is 0.878 bits per heavy atom. The number of hydrogen-bond donors (Lipinski definition) is 4. The molecule has 0 aliphatic carbocycles. The second-order valence-electron chi connectivity index (χ2n) is 22.4. The van der Waals surface area contributed by atoms with Gasteiger partial charge in [-0.2, -0.15) is 67.5 Å². The fraction of sp³-hybridized carbons (Fsp3) is 0.643. The van der Waals surface area contributed by atoms with Crippen molar-refractivity contribution in [2.45, 2.75) is 196 Å². The van der Waals surface area contributed by atoms with Crippen LogP contribution in [-0.2, 0) is 62.7 Å². The number of rotatable bonds is 20. The van der Waals surface area contributed by atoms with Gasteiger partial charge in [0.1, 0.15) is 0 Å². The van der Waals surface area contributed by atoms with Crippen molar-refractivity contribution in [1.82, 2.24) is 9.44 Å². The number of alkyl halides is 1. The van der Waals surface area contributed by atoms with E-state index in [2.05, 4.69) is 105 Å². The zero-order valence-corrected chi connectivity index (χ0v) is 63.1. The molecule has 0 bridgehead atoms. The van der Waals surface area contributed by atoms with Gasteiger partial charge in [-0.1, -0.05) is 145 Å². The maximum Gasteiger partial charge on any atom is 0.310 e. The maximum absolute atomic E-state index is 12.8. The number of carbonyl (C=O) groups is 2. The van der Waals surface area contributed by atoms with Crippen LogP contribution in [-0.4, -0.2) is 91.0 Å². The normalized spacial score (nSPS) is 13.0. The summed E-state index contributed by atoms with van der Waals surface area (Å²) in [6.45, 7) is 38.5. The fourth-order valence-electron chi connectivity index (χ4n) is 5.59. The molecule has 5 atom stereocenters. The Labute approximate surface area is 569 Å². The number of esters is 2. The number of carbonyl (C=O) groups excluding carboxylic acids is 2. The van der Waals surface area contributed by atoms with Crippen LogP contribution in [0.5, 0.6) is 0 Å². The summed E-state index contributed by atoms with van der Waals surface area (Å²) in [5.74, 6) is -0.575. The van der Waals surface area contributed by atoms with Gasteiger partial charge in [-0.25, -0.2) is 17.9 Å². The molecule has 0 aromatic heterocycles. The van der Waals surface area contributed by atoms with Crippen molar-refractivity contribution >= 4 is 180 Å². The zero-order chi connectivity index (χ0) is 57.8. The summed E-state index contributed by atoms with van der Waals surface area (Å²) < 4.78 is 54.7. The zero-order valence-electron chi connectivity index (χ0n) is 49.9. The molecular weight excluding hydrogens is 1360 g/mol. The van der Waals surface area contributed by atoms with Crippen molar-refractivity contribution in [3.8, 4) is 0 Å². The van der Waals surface area contributed by atoms with Gasteiger partial charge in [0, 0.05) is 25.9 Å². The minimum absolute atomic E-state index is 0. The van der Waals surface area contributed by atoms with Crippen LogP contribution in [0.2, 0.25) is 51.3 Å². The van der Waals surface area contributed by atoms with E-state index in [1.54, 1.807) is 38.1 Å². The second-order valence-corrected chi connectivity index (χ2v) is 38.1. The SMILES string of the molecule is C.C.C.CC(C)(C)[S@](=O)N[C@H](CO[Si](C)(C)C(C)(C)C)c1ccc(Br)cc1Cl.CCOC(=O)Cc1ccc([C@@H](CO[Si](C)(C)C(C)(C)C)N[S@@](=O)C(C)(C)C)c(Cl)c1.CCOC(=O)Cc1ccc([C@H](N)CO)c(Cl)c1.CCl.S.S.S.S.S. The highest BCUT2D eigenvalue weighted by Gasteiger charge is 2.40. The largest absolute Gasteiger partial charge is 0.466 e. The highest BCUT2D eigenvalue weighted by Crippen LogP contribution is 2.39. The van der Waals surface area contributed by atoms with Gasteiger partial charge in [0.15, 0.2) is 16.6 Å². The average Bonchev–Trinajstić information content (AvgIpc) is 3.26. The van der Waals surface area contributed by atoms with Crippen LogP contribution in [0.1, 0.15) is 165 Å². The van der Waals surface area contributed by atoms with Crippen LogP contribution in [0.3, 0.4) is 0 Å². The van der Waals surface area contributed by atoms with E-state index < -0.39 is 49.4 Å². The molecule has 0 unspecified atom stereocenters. The highest BCUT2D eigenvalue weighted by molar-refractivity contribution is 9.10. The van der Waals surface area contributed by atoms with Crippen LogP contribution in [0.4, 0.5) is 0 Å². The van der Waals surface area contributed by atoms with Gasteiger partial charge in [0.05, 0.1) is 95.5 Å². The third-order valence-corrected chi connectivity index (χ3v) is 25.9. The lowest BCUT2D eigenvalue weighted by molar-refractivity contribution is -0.143. The number of aliphatic hydroxyl groups is 1. The summed E-state index contributed by atoms with van der Waals surface area (Å²) in [6, 6.07) is 15.4. The first kappa shape index (κ1) is 101. The Morgan fingerprint density at radius 3 is 1.13 bits per heavy atom. The first-order valence-electron chi connectivity index (χ1n) is 24.5. The quantitative estimate of drug-likeness (QED) is 0.0484. The van der Waals surface area contributed by atoms with Gasteiger partial charge < -0.3 is 29.2 Å². The molecule has 12 nitrogen and oxygen atoms in total. The van der Waals surface area contributed by atoms with Gasteiger partial charge in [0.2, 0.25) is 0 Å². The van der Waals surface area contributed by atoms with E-state index in [1.165, 1.54) is 6.38 Å².